The average Bonchev–Trinajstić information content (AvgIpc) is 2.81. The highest BCUT2D eigenvalue weighted by molar-refractivity contribution is 6.31. The molecule has 1 amide bonds. The van der Waals surface area contributed by atoms with Crippen LogP contribution in [0.15, 0.2) is 85.1 Å². The number of carbonyl (C=O) groups excluding carboxylic acids is 1. The fourth-order valence-electron chi connectivity index (χ4n) is 3.22. The van der Waals surface area contributed by atoms with Crippen molar-refractivity contribution in [1.29, 1.82) is 0 Å². The van der Waals surface area contributed by atoms with Crippen LogP contribution in [0.25, 0.3) is 11.3 Å². The van der Waals surface area contributed by atoms with Crippen LogP contribution in [0.4, 0.5) is 5.82 Å². The second kappa shape index (κ2) is 10.1. The van der Waals surface area contributed by atoms with Gasteiger partial charge in [-0.2, -0.15) is 0 Å². The van der Waals surface area contributed by atoms with Crippen LogP contribution in [-0.2, 0) is 6.42 Å². The molecule has 0 spiro atoms. The zero-order valence-electron chi connectivity index (χ0n) is 17.6. The first-order valence-electron chi connectivity index (χ1n) is 10.3. The number of hydrogen-bond acceptors (Lipinski definition) is 4. The highest BCUT2D eigenvalue weighted by Gasteiger charge is 2.10. The van der Waals surface area contributed by atoms with Crippen LogP contribution in [0.2, 0.25) is 5.02 Å². The molecule has 4 aromatic rings. The number of aryl methyl sites for hydroxylation is 1. The minimum atomic E-state index is -0.229. The van der Waals surface area contributed by atoms with Gasteiger partial charge in [0.15, 0.2) is 0 Å². The standard InChI is InChI=1S/C26H22ClN3O2/c1-18-11-12-19(22(27)16-18)13-15-32-25-10-5-8-23(29-25)20-6-4-7-21(17-20)26(31)30-24-9-2-3-14-28-24/h2-12,14,16-17H,13,15H2,1H3,(H,28,30,31). The van der Waals surface area contributed by atoms with Crippen molar-refractivity contribution in [3.63, 3.8) is 0 Å². The predicted octanol–water partition coefficient (Wildman–Crippen LogP) is 5.98. The molecule has 0 saturated heterocycles. The topological polar surface area (TPSA) is 64.1 Å². The molecule has 0 unspecified atom stereocenters. The summed E-state index contributed by atoms with van der Waals surface area (Å²) < 4.78 is 5.86. The van der Waals surface area contributed by atoms with Crippen molar-refractivity contribution in [3.8, 4) is 17.1 Å². The van der Waals surface area contributed by atoms with E-state index in [2.05, 4.69) is 15.3 Å². The van der Waals surface area contributed by atoms with E-state index in [4.69, 9.17) is 16.3 Å². The van der Waals surface area contributed by atoms with Crippen LogP contribution in [0.1, 0.15) is 21.5 Å². The minimum absolute atomic E-state index is 0.229. The Morgan fingerprint density at radius 3 is 2.69 bits per heavy atom. The first-order chi connectivity index (χ1) is 15.6. The lowest BCUT2D eigenvalue weighted by molar-refractivity contribution is 0.102. The Morgan fingerprint density at radius 2 is 1.88 bits per heavy atom. The molecule has 2 aromatic carbocycles. The van der Waals surface area contributed by atoms with Gasteiger partial charge in [-0.15, -0.1) is 0 Å². The molecule has 5 nitrogen and oxygen atoms in total. The van der Waals surface area contributed by atoms with E-state index in [1.807, 2.05) is 61.5 Å². The molecule has 0 bridgehead atoms. The number of carbonyl (C=O) groups is 1. The van der Waals surface area contributed by atoms with E-state index >= 15 is 0 Å². The van der Waals surface area contributed by atoms with Crippen LogP contribution in [0.5, 0.6) is 5.88 Å². The second-order valence-corrected chi connectivity index (χ2v) is 7.71. The summed E-state index contributed by atoms with van der Waals surface area (Å²) in [6, 6.07) is 24.3. The van der Waals surface area contributed by atoms with E-state index in [9.17, 15) is 4.79 Å². The molecule has 6 heteroatoms. The Hall–Kier alpha value is -3.70. The van der Waals surface area contributed by atoms with Gasteiger partial charge >= 0.3 is 0 Å². The summed E-state index contributed by atoms with van der Waals surface area (Å²) in [6.07, 6.45) is 2.32. The van der Waals surface area contributed by atoms with Gasteiger partial charge in [0.25, 0.3) is 5.91 Å². The van der Waals surface area contributed by atoms with Gasteiger partial charge in [0.1, 0.15) is 5.82 Å². The molecule has 0 atom stereocenters. The maximum atomic E-state index is 12.6. The van der Waals surface area contributed by atoms with Crippen LogP contribution in [0.3, 0.4) is 0 Å². The molecular formula is C26H22ClN3O2. The molecule has 32 heavy (non-hydrogen) atoms. The minimum Gasteiger partial charge on any atom is -0.477 e. The Kier molecular flexibility index (Phi) is 6.78. The largest absolute Gasteiger partial charge is 0.477 e. The summed E-state index contributed by atoms with van der Waals surface area (Å²) in [4.78, 5) is 21.3. The SMILES string of the molecule is Cc1ccc(CCOc2cccc(-c3cccc(C(=O)Nc4ccccn4)c3)n2)c(Cl)c1. The summed E-state index contributed by atoms with van der Waals surface area (Å²) in [7, 11) is 0. The first-order valence-corrected chi connectivity index (χ1v) is 10.6. The third-order valence-electron chi connectivity index (χ3n) is 4.88. The van der Waals surface area contributed by atoms with E-state index in [1.165, 1.54) is 0 Å². The fraction of sp³-hybridized carbons (Fsp3) is 0.115. The normalized spacial score (nSPS) is 10.6. The van der Waals surface area contributed by atoms with Crippen LogP contribution in [-0.4, -0.2) is 22.5 Å². The summed E-state index contributed by atoms with van der Waals surface area (Å²) in [6.45, 7) is 2.48. The molecule has 160 valence electrons. The number of nitrogens with one attached hydrogen (secondary N) is 1. The summed E-state index contributed by atoms with van der Waals surface area (Å²) in [5.74, 6) is 0.798. The maximum Gasteiger partial charge on any atom is 0.256 e. The second-order valence-electron chi connectivity index (χ2n) is 7.30. The summed E-state index contributed by atoms with van der Waals surface area (Å²) in [5, 5.41) is 3.54. The van der Waals surface area contributed by atoms with Gasteiger partial charge in [0, 0.05) is 34.8 Å². The molecule has 2 aromatic heterocycles. The van der Waals surface area contributed by atoms with Gasteiger partial charge in [-0.3, -0.25) is 4.79 Å². The molecule has 0 radical (unpaired) electrons. The number of amides is 1. The zero-order chi connectivity index (χ0) is 22.3. The van der Waals surface area contributed by atoms with Crippen molar-refractivity contribution >= 4 is 23.3 Å². The zero-order valence-corrected chi connectivity index (χ0v) is 18.3. The molecule has 1 N–H and O–H groups in total. The van der Waals surface area contributed by atoms with Crippen molar-refractivity contribution < 1.29 is 9.53 Å². The lowest BCUT2D eigenvalue weighted by atomic mass is 10.1. The Bertz CT molecular complexity index is 1230. The number of hydrogen-bond donors (Lipinski definition) is 1. The van der Waals surface area contributed by atoms with E-state index in [0.29, 0.717) is 30.3 Å². The summed E-state index contributed by atoms with van der Waals surface area (Å²) >= 11 is 6.30. The fourth-order valence-corrected chi connectivity index (χ4v) is 3.55. The third-order valence-corrected chi connectivity index (χ3v) is 5.23. The number of ether oxygens (including phenoxy) is 1. The maximum absolute atomic E-state index is 12.6. The lowest BCUT2D eigenvalue weighted by Crippen LogP contribution is -2.12. The number of aromatic nitrogens is 2. The van der Waals surface area contributed by atoms with Crippen LogP contribution < -0.4 is 10.1 Å². The smallest absolute Gasteiger partial charge is 0.256 e. The molecule has 0 aliphatic rings. The molecule has 0 aliphatic carbocycles. The van der Waals surface area contributed by atoms with E-state index in [1.54, 1.807) is 30.5 Å². The highest BCUT2D eigenvalue weighted by atomic mass is 35.5. The van der Waals surface area contributed by atoms with Crippen molar-refractivity contribution in [1.82, 2.24) is 9.97 Å². The average molecular weight is 444 g/mol. The Morgan fingerprint density at radius 1 is 1.00 bits per heavy atom. The Labute approximate surface area is 192 Å². The molecule has 4 rings (SSSR count). The number of benzene rings is 2. The number of rotatable bonds is 7. The quantitative estimate of drug-likeness (QED) is 0.381. The molecule has 0 saturated carbocycles. The van der Waals surface area contributed by atoms with E-state index < -0.39 is 0 Å². The lowest BCUT2D eigenvalue weighted by Gasteiger charge is -2.10. The molecule has 0 aliphatic heterocycles. The van der Waals surface area contributed by atoms with Gasteiger partial charge in [-0.1, -0.05) is 48.0 Å². The molecule has 0 fully saturated rings. The van der Waals surface area contributed by atoms with Crippen LogP contribution in [0, 0.1) is 6.92 Å². The van der Waals surface area contributed by atoms with Gasteiger partial charge in [-0.05, 0) is 54.4 Å². The van der Waals surface area contributed by atoms with E-state index in [0.717, 1.165) is 27.4 Å². The number of nitrogens with zero attached hydrogens (tertiary/aromatic N) is 2. The van der Waals surface area contributed by atoms with Gasteiger partial charge in [0.2, 0.25) is 5.88 Å². The van der Waals surface area contributed by atoms with Gasteiger partial charge in [0.05, 0.1) is 12.3 Å². The summed E-state index contributed by atoms with van der Waals surface area (Å²) in [5.41, 5.74) is 4.24. The van der Waals surface area contributed by atoms with Gasteiger partial charge < -0.3 is 10.1 Å². The monoisotopic (exact) mass is 443 g/mol. The number of halogens is 1. The Balaban J connectivity index is 1.43. The van der Waals surface area contributed by atoms with Crippen molar-refractivity contribution in [2.75, 3.05) is 11.9 Å². The van der Waals surface area contributed by atoms with Gasteiger partial charge in [-0.25, -0.2) is 9.97 Å². The van der Waals surface area contributed by atoms with Crippen molar-refractivity contribution in [2.45, 2.75) is 13.3 Å². The highest BCUT2D eigenvalue weighted by Crippen LogP contribution is 2.22. The first kappa shape index (κ1) is 21.5. The van der Waals surface area contributed by atoms with Crippen molar-refractivity contribution in [3.05, 3.63) is 107 Å². The van der Waals surface area contributed by atoms with Crippen LogP contribution >= 0.6 is 11.6 Å². The number of anilines is 1. The van der Waals surface area contributed by atoms with Crippen molar-refractivity contribution in [2.24, 2.45) is 0 Å². The van der Waals surface area contributed by atoms with E-state index in [-0.39, 0.29) is 5.91 Å². The third kappa shape index (κ3) is 5.50. The predicted molar refractivity (Wildman–Crippen MR) is 127 cm³/mol. The number of pyridine rings is 2. The molecular weight excluding hydrogens is 422 g/mol. The molecule has 2 heterocycles.